The third-order valence-corrected chi connectivity index (χ3v) is 3.83. The lowest BCUT2D eigenvalue weighted by Gasteiger charge is -2.15. The highest BCUT2D eigenvalue weighted by Crippen LogP contribution is 2.13. The van der Waals surface area contributed by atoms with Gasteiger partial charge in [-0.1, -0.05) is 64.7 Å². The van der Waals surface area contributed by atoms with Crippen molar-refractivity contribution in [2.45, 2.75) is 77.2 Å². The molecule has 1 rings (SSSR count). The van der Waals surface area contributed by atoms with Crippen LogP contribution >= 0.6 is 0 Å². The third kappa shape index (κ3) is 8.25. The van der Waals surface area contributed by atoms with Crippen molar-refractivity contribution in [1.82, 2.24) is 4.90 Å². The molecule has 1 atom stereocenters. The molecule has 0 N–H and O–H groups in total. The number of unbranched alkanes of at least 4 members (excludes halogenated alkanes) is 9. The highest BCUT2D eigenvalue weighted by Gasteiger charge is 2.33. The van der Waals surface area contributed by atoms with Crippen molar-refractivity contribution in [3.63, 3.8) is 0 Å². The summed E-state index contributed by atoms with van der Waals surface area (Å²) in [5.74, 6) is 0.163. The summed E-state index contributed by atoms with van der Waals surface area (Å²) in [6.07, 6.45) is 13.3. The number of hydrogen-bond acceptors (Lipinski definition) is 2. The number of carbonyl (C=O) groups is 1. The van der Waals surface area contributed by atoms with Crippen LogP contribution in [0, 0.1) is 0 Å². The second-order valence-electron chi connectivity index (χ2n) is 5.76. The van der Waals surface area contributed by atoms with E-state index in [9.17, 15) is 4.79 Å². The number of nitrogens with zero attached hydrogens (tertiary/aromatic N) is 1. The second-order valence-corrected chi connectivity index (χ2v) is 5.76. The van der Waals surface area contributed by atoms with Gasteiger partial charge in [0.25, 0.3) is 5.91 Å². The first-order valence-electron chi connectivity index (χ1n) is 8.12. The number of rotatable bonds is 12. The molecule has 1 fully saturated rings. The summed E-state index contributed by atoms with van der Waals surface area (Å²) in [5, 5.41) is 0. The molecule has 0 spiro atoms. The van der Waals surface area contributed by atoms with E-state index in [4.69, 9.17) is 4.74 Å². The monoisotopic (exact) mass is 269 g/mol. The van der Waals surface area contributed by atoms with E-state index in [0.29, 0.717) is 6.61 Å². The molecule has 0 saturated carbocycles. The maximum absolute atomic E-state index is 11.6. The van der Waals surface area contributed by atoms with Crippen LogP contribution in [-0.2, 0) is 9.53 Å². The van der Waals surface area contributed by atoms with E-state index < -0.39 is 0 Å². The molecule has 112 valence electrons. The van der Waals surface area contributed by atoms with E-state index in [-0.39, 0.29) is 12.0 Å². The van der Waals surface area contributed by atoms with Crippen molar-refractivity contribution in [3.8, 4) is 0 Å². The van der Waals surface area contributed by atoms with Gasteiger partial charge in [0.1, 0.15) is 0 Å². The Bertz CT molecular complexity index is 239. The Hall–Kier alpha value is -0.570. The van der Waals surface area contributed by atoms with Crippen LogP contribution in [-0.4, -0.2) is 37.1 Å². The predicted molar refractivity (Wildman–Crippen MR) is 79.2 cm³/mol. The smallest absolute Gasteiger partial charge is 0.253 e. The molecule has 0 aliphatic carbocycles. The van der Waals surface area contributed by atoms with Gasteiger partial charge in [-0.3, -0.25) is 4.79 Å². The summed E-state index contributed by atoms with van der Waals surface area (Å²) >= 11 is 0. The van der Waals surface area contributed by atoms with E-state index in [2.05, 4.69) is 6.92 Å². The molecule has 0 aromatic rings. The molecule has 3 nitrogen and oxygen atoms in total. The average molecular weight is 269 g/mol. The Labute approximate surface area is 118 Å². The SMILES string of the molecule is CCCCCCCCCCCCN(C)C(=O)C1CO1. The van der Waals surface area contributed by atoms with Gasteiger partial charge in [0, 0.05) is 13.6 Å². The summed E-state index contributed by atoms with van der Waals surface area (Å²) in [6, 6.07) is 0. The Balaban J connectivity index is 1.79. The van der Waals surface area contributed by atoms with Crippen LogP contribution in [0.3, 0.4) is 0 Å². The number of carbonyl (C=O) groups excluding carboxylic acids is 1. The van der Waals surface area contributed by atoms with Crippen molar-refractivity contribution in [1.29, 1.82) is 0 Å². The van der Waals surface area contributed by atoms with Crippen LogP contribution in [0.2, 0.25) is 0 Å². The summed E-state index contributed by atoms with van der Waals surface area (Å²) in [7, 11) is 1.89. The lowest BCUT2D eigenvalue weighted by atomic mass is 10.1. The molecule has 1 aliphatic heterocycles. The first-order valence-corrected chi connectivity index (χ1v) is 8.12. The molecule has 0 radical (unpaired) electrons. The Kier molecular flexibility index (Phi) is 8.89. The van der Waals surface area contributed by atoms with Gasteiger partial charge >= 0.3 is 0 Å². The van der Waals surface area contributed by atoms with Gasteiger partial charge in [-0.2, -0.15) is 0 Å². The quantitative estimate of drug-likeness (QED) is 0.399. The third-order valence-electron chi connectivity index (χ3n) is 3.83. The zero-order valence-corrected chi connectivity index (χ0v) is 12.8. The van der Waals surface area contributed by atoms with E-state index in [1.165, 1.54) is 57.8 Å². The standard InChI is InChI=1S/C16H31NO2/c1-3-4-5-6-7-8-9-10-11-12-13-17(2)16(18)15-14-19-15/h15H,3-14H2,1-2H3. The molecule has 19 heavy (non-hydrogen) atoms. The highest BCUT2D eigenvalue weighted by molar-refractivity contribution is 5.82. The minimum Gasteiger partial charge on any atom is -0.363 e. The fourth-order valence-corrected chi connectivity index (χ4v) is 2.38. The van der Waals surface area contributed by atoms with Gasteiger partial charge in [0.15, 0.2) is 6.10 Å². The van der Waals surface area contributed by atoms with Crippen LogP contribution < -0.4 is 0 Å². The van der Waals surface area contributed by atoms with E-state index in [0.717, 1.165) is 13.0 Å². The van der Waals surface area contributed by atoms with E-state index >= 15 is 0 Å². The van der Waals surface area contributed by atoms with Crippen LogP contribution in [0.25, 0.3) is 0 Å². The van der Waals surface area contributed by atoms with Gasteiger partial charge in [0.05, 0.1) is 6.61 Å². The highest BCUT2D eigenvalue weighted by atomic mass is 16.6. The fourth-order valence-electron chi connectivity index (χ4n) is 2.38. The molecule has 0 aromatic heterocycles. The van der Waals surface area contributed by atoms with Crippen molar-refractivity contribution in [2.24, 2.45) is 0 Å². The van der Waals surface area contributed by atoms with Crippen LogP contribution in [0.1, 0.15) is 71.1 Å². The lowest BCUT2D eigenvalue weighted by molar-refractivity contribution is -0.131. The minimum atomic E-state index is -0.117. The molecule has 1 amide bonds. The predicted octanol–water partition coefficient (Wildman–Crippen LogP) is 3.76. The molecule has 1 unspecified atom stereocenters. The number of amides is 1. The second kappa shape index (κ2) is 10.2. The summed E-state index contributed by atoms with van der Waals surface area (Å²) in [5.41, 5.74) is 0. The topological polar surface area (TPSA) is 32.8 Å². The van der Waals surface area contributed by atoms with E-state index in [1.807, 2.05) is 11.9 Å². The Morgan fingerprint density at radius 1 is 1.00 bits per heavy atom. The number of hydrogen-bond donors (Lipinski definition) is 0. The van der Waals surface area contributed by atoms with Gasteiger partial charge in [-0.05, 0) is 6.42 Å². The molecule has 1 saturated heterocycles. The molecular weight excluding hydrogens is 238 g/mol. The summed E-state index contributed by atoms with van der Waals surface area (Å²) in [4.78, 5) is 13.4. The molecule has 0 bridgehead atoms. The first-order chi connectivity index (χ1) is 9.25. The average Bonchev–Trinajstić information content (AvgIpc) is 3.24. The number of epoxide rings is 1. The molecule has 1 aliphatic rings. The lowest BCUT2D eigenvalue weighted by Crippen LogP contribution is -2.31. The minimum absolute atomic E-state index is 0.117. The Morgan fingerprint density at radius 2 is 1.47 bits per heavy atom. The molecule has 3 heteroatoms. The summed E-state index contributed by atoms with van der Waals surface area (Å²) in [6.45, 7) is 3.77. The summed E-state index contributed by atoms with van der Waals surface area (Å²) < 4.78 is 5.00. The van der Waals surface area contributed by atoms with E-state index in [1.54, 1.807) is 0 Å². The molecular formula is C16H31NO2. The zero-order valence-electron chi connectivity index (χ0n) is 12.8. The normalized spacial score (nSPS) is 17.5. The zero-order chi connectivity index (χ0) is 13.9. The van der Waals surface area contributed by atoms with Crippen LogP contribution in [0.5, 0.6) is 0 Å². The van der Waals surface area contributed by atoms with Crippen molar-refractivity contribution >= 4 is 5.91 Å². The van der Waals surface area contributed by atoms with Crippen molar-refractivity contribution in [3.05, 3.63) is 0 Å². The van der Waals surface area contributed by atoms with Crippen molar-refractivity contribution in [2.75, 3.05) is 20.2 Å². The molecule has 1 heterocycles. The Morgan fingerprint density at radius 3 is 1.95 bits per heavy atom. The number of likely N-dealkylation sites (N-methyl/N-ethyl adjacent to an activating group) is 1. The van der Waals surface area contributed by atoms with Gasteiger partial charge in [-0.25, -0.2) is 0 Å². The van der Waals surface area contributed by atoms with Gasteiger partial charge in [0.2, 0.25) is 0 Å². The molecule has 0 aromatic carbocycles. The van der Waals surface area contributed by atoms with Crippen molar-refractivity contribution < 1.29 is 9.53 Å². The fraction of sp³-hybridized carbons (Fsp3) is 0.938. The van der Waals surface area contributed by atoms with Gasteiger partial charge in [-0.15, -0.1) is 0 Å². The van der Waals surface area contributed by atoms with Gasteiger partial charge < -0.3 is 9.64 Å². The maximum atomic E-state index is 11.6. The number of ether oxygens (including phenoxy) is 1. The van der Waals surface area contributed by atoms with Crippen LogP contribution in [0.15, 0.2) is 0 Å². The maximum Gasteiger partial charge on any atom is 0.253 e. The largest absolute Gasteiger partial charge is 0.363 e. The van der Waals surface area contributed by atoms with Crippen LogP contribution in [0.4, 0.5) is 0 Å². The first kappa shape index (κ1) is 16.5.